The van der Waals surface area contributed by atoms with Crippen molar-refractivity contribution in [1.82, 2.24) is 4.98 Å². The molecule has 1 aromatic rings. The van der Waals surface area contributed by atoms with Crippen molar-refractivity contribution in [3.63, 3.8) is 0 Å². The van der Waals surface area contributed by atoms with Crippen LogP contribution < -0.4 is 5.73 Å². The molecule has 1 heterocycles. The van der Waals surface area contributed by atoms with Crippen LogP contribution in [0.4, 0.5) is 0 Å². The van der Waals surface area contributed by atoms with Gasteiger partial charge in [-0.3, -0.25) is 9.78 Å². The monoisotopic (exact) mass is 177 g/mol. The van der Waals surface area contributed by atoms with Crippen molar-refractivity contribution >= 4 is 5.91 Å². The van der Waals surface area contributed by atoms with Crippen LogP contribution in [-0.2, 0) is 4.79 Å². The van der Waals surface area contributed by atoms with Gasteiger partial charge in [0, 0.05) is 18.3 Å². The number of nitrogens with two attached hydrogens (primary N) is 1. The van der Waals surface area contributed by atoms with Crippen LogP contribution in [0.1, 0.15) is 18.9 Å². The summed E-state index contributed by atoms with van der Waals surface area (Å²) in [6.07, 6.45) is 6.10. The predicted octanol–water partition coefficient (Wildman–Crippen LogP) is 1.15. The normalized spacial score (nSPS) is 12.4. The second-order valence-electron chi connectivity index (χ2n) is 3.03. The molecular formula is C10H13N2O. The number of carbonyl (C=O) groups is 1. The van der Waals surface area contributed by atoms with Gasteiger partial charge < -0.3 is 5.73 Å². The molecule has 1 unspecified atom stereocenters. The highest BCUT2D eigenvalue weighted by molar-refractivity contribution is 5.76. The molecule has 1 aromatic heterocycles. The summed E-state index contributed by atoms with van der Waals surface area (Å²) in [7, 11) is 0. The van der Waals surface area contributed by atoms with Crippen molar-refractivity contribution in [3.8, 4) is 0 Å². The Morgan fingerprint density at radius 3 is 3.08 bits per heavy atom. The molecule has 0 aliphatic heterocycles. The van der Waals surface area contributed by atoms with E-state index in [2.05, 4.69) is 4.98 Å². The van der Waals surface area contributed by atoms with Crippen molar-refractivity contribution in [1.29, 1.82) is 0 Å². The number of amides is 1. The standard InChI is InChI=1S/C10H13N2O/c1-8(10(11)13)4-5-9-3-2-6-12-7-9/h2-3,5-8H,4H2,1H3,(H2,11,13). The number of rotatable bonds is 4. The van der Waals surface area contributed by atoms with Gasteiger partial charge in [0.2, 0.25) is 5.91 Å². The van der Waals surface area contributed by atoms with E-state index in [-0.39, 0.29) is 11.8 Å². The van der Waals surface area contributed by atoms with E-state index >= 15 is 0 Å². The maximum Gasteiger partial charge on any atom is 0.220 e. The first-order valence-corrected chi connectivity index (χ1v) is 4.22. The third-order valence-corrected chi connectivity index (χ3v) is 1.88. The summed E-state index contributed by atoms with van der Waals surface area (Å²) in [5.74, 6) is -0.375. The zero-order valence-corrected chi connectivity index (χ0v) is 7.60. The van der Waals surface area contributed by atoms with Gasteiger partial charge >= 0.3 is 0 Å². The number of primary amides is 1. The molecule has 1 rings (SSSR count). The zero-order chi connectivity index (χ0) is 9.68. The Kier molecular flexibility index (Phi) is 3.43. The average molecular weight is 177 g/mol. The van der Waals surface area contributed by atoms with E-state index in [1.165, 1.54) is 0 Å². The minimum atomic E-state index is -0.264. The molecule has 0 bridgehead atoms. The summed E-state index contributed by atoms with van der Waals surface area (Å²) >= 11 is 0. The first-order valence-electron chi connectivity index (χ1n) is 4.22. The lowest BCUT2D eigenvalue weighted by atomic mass is 10.0. The molecule has 0 aliphatic rings. The first-order chi connectivity index (χ1) is 6.20. The molecule has 0 aliphatic carbocycles. The molecule has 0 aromatic carbocycles. The lowest BCUT2D eigenvalue weighted by molar-refractivity contribution is -0.121. The molecular weight excluding hydrogens is 164 g/mol. The number of carbonyl (C=O) groups excluding carboxylic acids is 1. The van der Waals surface area contributed by atoms with E-state index in [9.17, 15) is 4.79 Å². The van der Waals surface area contributed by atoms with E-state index in [1.54, 1.807) is 12.4 Å². The molecule has 1 radical (unpaired) electrons. The van der Waals surface area contributed by atoms with Crippen molar-refractivity contribution < 1.29 is 4.79 Å². The van der Waals surface area contributed by atoms with Gasteiger partial charge in [-0.25, -0.2) is 0 Å². The fourth-order valence-electron chi connectivity index (χ4n) is 0.926. The minimum absolute atomic E-state index is 0.111. The van der Waals surface area contributed by atoms with Crippen LogP contribution in [0.2, 0.25) is 0 Å². The number of nitrogens with zero attached hydrogens (tertiary/aromatic N) is 1. The Balaban J connectivity index is 2.39. The second kappa shape index (κ2) is 4.60. The van der Waals surface area contributed by atoms with Gasteiger partial charge in [0.25, 0.3) is 0 Å². The first kappa shape index (κ1) is 9.71. The average Bonchev–Trinajstić information content (AvgIpc) is 2.15. The lowest BCUT2D eigenvalue weighted by Gasteiger charge is -2.05. The highest BCUT2D eigenvalue weighted by Crippen LogP contribution is 2.09. The fourth-order valence-corrected chi connectivity index (χ4v) is 0.926. The van der Waals surface area contributed by atoms with Gasteiger partial charge in [0.15, 0.2) is 0 Å². The van der Waals surface area contributed by atoms with Crippen LogP contribution in [0, 0.1) is 12.3 Å². The van der Waals surface area contributed by atoms with Crippen LogP contribution in [-0.4, -0.2) is 10.9 Å². The fraction of sp³-hybridized carbons (Fsp3) is 0.300. The summed E-state index contributed by atoms with van der Waals surface area (Å²) < 4.78 is 0. The highest BCUT2D eigenvalue weighted by Gasteiger charge is 2.08. The van der Waals surface area contributed by atoms with E-state index in [1.807, 2.05) is 25.5 Å². The quantitative estimate of drug-likeness (QED) is 0.749. The second-order valence-corrected chi connectivity index (χ2v) is 3.03. The molecule has 69 valence electrons. The van der Waals surface area contributed by atoms with Crippen molar-refractivity contribution in [2.45, 2.75) is 13.3 Å². The Morgan fingerprint density at radius 1 is 1.77 bits per heavy atom. The number of hydrogen-bond acceptors (Lipinski definition) is 2. The van der Waals surface area contributed by atoms with E-state index in [4.69, 9.17) is 5.73 Å². The Labute approximate surface area is 78.0 Å². The molecule has 2 N–H and O–H groups in total. The topological polar surface area (TPSA) is 56.0 Å². The largest absolute Gasteiger partial charge is 0.369 e. The Morgan fingerprint density at radius 2 is 2.54 bits per heavy atom. The number of pyridine rings is 1. The van der Waals surface area contributed by atoms with Crippen LogP contribution in [0.5, 0.6) is 0 Å². The van der Waals surface area contributed by atoms with Gasteiger partial charge in [0.05, 0.1) is 0 Å². The van der Waals surface area contributed by atoms with E-state index in [0.717, 1.165) is 5.56 Å². The Bertz CT molecular complexity index is 272. The summed E-state index contributed by atoms with van der Waals surface area (Å²) in [6, 6.07) is 3.81. The molecule has 0 saturated carbocycles. The van der Waals surface area contributed by atoms with Gasteiger partial charge in [0.1, 0.15) is 0 Å². The predicted molar refractivity (Wildman–Crippen MR) is 50.6 cm³/mol. The third-order valence-electron chi connectivity index (χ3n) is 1.88. The molecule has 3 heteroatoms. The summed E-state index contributed by atoms with van der Waals surface area (Å²) in [5.41, 5.74) is 6.15. The van der Waals surface area contributed by atoms with E-state index < -0.39 is 0 Å². The van der Waals surface area contributed by atoms with Gasteiger partial charge in [-0.05, 0) is 24.5 Å². The maximum absolute atomic E-state index is 10.7. The van der Waals surface area contributed by atoms with E-state index in [0.29, 0.717) is 6.42 Å². The molecule has 1 amide bonds. The maximum atomic E-state index is 10.7. The van der Waals surface area contributed by atoms with Crippen LogP contribution in [0.3, 0.4) is 0 Å². The van der Waals surface area contributed by atoms with Gasteiger partial charge in [-0.1, -0.05) is 13.0 Å². The Hall–Kier alpha value is -1.38. The van der Waals surface area contributed by atoms with Crippen LogP contribution in [0.15, 0.2) is 24.5 Å². The van der Waals surface area contributed by atoms with Crippen molar-refractivity contribution in [2.24, 2.45) is 11.7 Å². The minimum Gasteiger partial charge on any atom is -0.369 e. The third kappa shape index (κ3) is 3.23. The number of hydrogen-bond donors (Lipinski definition) is 1. The van der Waals surface area contributed by atoms with Gasteiger partial charge in [-0.2, -0.15) is 0 Å². The smallest absolute Gasteiger partial charge is 0.220 e. The summed E-state index contributed by atoms with van der Waals surface area (Å²) in [6.45, 7) is 1.81. The summed E-state index contributed by atoms with van der Waals surface area (Å²) in [5, 5.41) is 0. The molecule has 0 saturated heterocycles. The molecule has 13 heavy (non-hydrogen) atoms. The zero-order valence-electron chi connectivity index (χ0n) is 7.60. The molecule has 1 atom stereocenters. The lowest BCUT2D eigenvalue weighted by Crippen LogP contribution is -2.20. The molecule has 0 fully saturated rings. The molecule has 3 nitrogen and oxygen atoms in total. The van der Waals surface area contributed by atoms with Gasteiger partial charge in [-0.15, -0.1) is 0 Å². The van der Waals surface area contributed by atoms with Crippen molar-refractivity contribution in [2.75, 3.05) is 0 Å². The van der Waals surface area contributed by atoms with Crippen LogP contribution in [0.25, 0.3) is 0 Å². The van der Waals surface area contributed by atoms with Crippen molar-refractivity contribution in [3.05, 3.63) is 36.5 Å². The SMILES string of the molecule is CC(C[CH]c1cccnc1)C(N)=O. The van der Waals surface area contributed by atoms with Crippen LogP contribution >= 0.6 is 0 Å². The summed E-state index contributed by atoms with van der Waals surface area (Å²) in [4.78, 5) is 14.7. The number of aromatic nitrogens is 1. The highest BCUT2D eigenvalue weighted by atomic mass is 16.1. The molecule has 0 spiro atoms.